The highest BCUT2D eigenvalue weighted by atomic mass is 16.5. The van der Waals surface area contributed by atoms with Crippen molar-refractivity contribution in [2.45, 2.75) is 200 Å². The number of aliphatic carboxylic acids is 1. The lowest BCUT2D eigenvalue weighted by Gasteiger charge is -2.13. The number of carbonyl (C=O) groups is 1. The SMILES string of the molecule is CCCCCCCCCCCCCCCCCCCCCCCCCCCCC(CCc1ccc(OCc2ccccc2)cc1)C(=O)O. The molecule has 0 amide bonds. The second-order valence-corrected chi connectivity index (χ2v) is 14.6. The maximum absolute atomic E-state index is 11.8. The molecule has 2 rings (SSSR count). The van der Waals surface area contributed by atoms with Gasteiger partial charge in [0.1, 0.15) is 12.4 Å². The molecule has 2 aromatic carbocycles. The van der Waals surface area contributed by atoms with Crippen molar-refractivity contribution in [3.8, 4) is 5.75 Å². The van der Waals surface area contributed by atoms with Crippen LogP contribution in [0.1, 0.15) is 198 Å². The van der Waals surface area contributed by atoms with Gasteiger partial charge in [-0.2, -0.15) is 0 Å². The van der Waals surface area contributed by atoms with Crippen molar-refractivity contribution >= 4 is 5.97 Å². The molecule has 0 heterocycles. The Bertz CT molecular complexity index is 969. The predicted molar refractivity (Wildman–Crippen MR) is 207 cm³/mol. The van der Waals surface area contributed by atoms with Crippen LogP contribution in [0.5, 0.6) is 5.75 Å². The summed E-state index contributed by atoms with van der Waals surface area (Å²) < 4.78 is 5.88. The van der Waals surface area contributed by atoms with E-state index < -0.39 is 5.97 Å². The summed E-state index contributed by atoms with van der Waals surface area (Å²) in [7, 11) is 0. The summed E-state index contributed by atoms with van der Waals surface area (Å²) in [5, 5.41) is 9.75. The average molecular weight is 663 g/mol. The highest BCUT2D eigenvalue weighted by Crippen LogP contribution is 2.21. The molecule has 0 saturated heterocycles. The second kappa shape index (κ2) is 30.7. The summed E-state index contributed by atoms with van der Waals surface area (Å²) in [5.74, 6) is -0.0336. The van der Waals surface area contributed by atoms with Gasteiger partial charge in [0, 0.05) is 0 Å². The van der Waals surface area contributed by atoms with Gasteiger partial charge in [0.25, 0.3) is 0 Å². The third-order valence-electron chi connectivity index (χ3n) is 10.2. The zero-order chi connectivity index (χ0) is 34.2. The van der Waals surface area contributed by atoms with Crippen molar-refractivity contribution in [2.75, 3.05) is 0 Å². The minimum Gasteiger partial charge on any atom is -0.489 e. The van der Waals surface area contributed by atoms with E-state index in [0.717, 1.165) is 37.0 Å². The van der Waals surface area contributed by atoms with Gasteiger partial charge >= 0.3 is 5.97 Å². The van der Waals surface area contributed by atoms with Gasteiger partial charge in [-0.3, -0.25) is 4.79 Å². The van der Waals surface area contributed by atoms with E-state index in [4.69, 9.17) is 4.74 Å². The minimum atomic E-state index is -0.641. The predicted octanol–water partition coefficient (Wildman–Crippen LogP) is 14.5. The largest absolute Gasteiger partial charge is 0.489 e. The molecule has 272 valence electrons. The monoisotopic (exact) mass is 663 g/mol. The van der Waals surface area contributed by atoms with E-state index >= 15 is 0 Å². The first-order chi connectivity index (χ1) is 23.7. The minimum absolute atomic E-state index is 0.242. The van der Waals surface area contributed by atoms with Crippen molar-refractivity contribution in [3.63, 3.8) is 0 Å². The smallest absolute Gasteiger partial charge is 0.306 e. The third kappa shape index (κ3) is 23.9. The lowest BCUT2D eigenvalue weighted by Crippen LogP contribution is -2.14. The molecule has 0 fully saturated rings. The number of ether oxygens (including phenoxy) is 1. The van der Waals surface area contributed by atoms with Crippen LogP contribution in [0, 0.1) is 5.92 Å². The Hall–Kier alpha value is -2.29. The van der Waals surface area contributed by atoms with Gasteiger partial charge in [-0.25, -0.2) is 0 Å². The third-order valence-corrected chi connectivity index (χ3v) is 10.2. The molecule has 3 nitrogen and oxygen atoms in total. The van der Waals surface area contributed by atoms with Crippen molar-refractivity contribution in [2.24, 2.45) is 5.92 Å². The molecule has 0 radical (unpaired) electrons. The second-order valence-electron chi connectivity index (χ2n) is 14.6. The Morgan fingerprint density at radius 1 is 0.500 bits per heavy atom. The number of rotatable bonds is 34. The summed E-state index contributed by atoms with van der Waals surface area (Å²) in [6.45, 7) is 2.85. The average Bonchev–Trinajstić information content (AvgIpc) is 3.11. The van der Waals surface area contributed by atoms with Crippen LogP contribution in [-0.4, -0.2) is 11.1 Å². The van der Waals surface area contributed by atoms with E-state index in [0.29, 0.717) is 13.0 Å². The molecule has 48 heavy (non-hydrogen) atoms. The molecule has 1 atom stereocenters. The first-order valence-corrected chi connectivity index (χ1v) is 20.7. The van der Waals surface area contributed by atoms with Gasteiger partial charge in [-0.15, -0.1) is 0 Å². The van der Waals surface area contributed by atoms with E-state index in [-0.39, 0.29) is 5.92 Å². The summed E-state index contributed by atoms with van der Waals surface area (Å²) in [5.41, 5.74) is 2.33. The van der Waals surface area contributed by atoms with Gasteiger partial charge in [0.15, 0.2) is 0 Å². The normalized spacial score (nSPS) is 11.9. The van der Waals surface area contributed by atoms with E-state index in [1.165, 1.54) is 160 Å². The summed E-state index contributed by atoms with van der Waals surface area (Å²) in [6, 6.07) is 18.3. The van der Waals surface area contributed by atoms with E-state index in [1.54, 1.807) is 0 Å². The van der Waals surface area contributed by atoms with Crippen molar-refractivity contribution in [3.05, 3.63) is 65.7 Å². The fourth-order valence-corrected chi connectivity index (χ4v) is 6.93. The lowest BCUT2D eigenvalue weighted by atomic mass is 9.93. The Balaban J connectivity index is 1.31. The van der Waals surface area contributed by atoms with Crippen LogP contribution in [0.25, 0.3) is 0 Å². The van der Waals surface area contributed by atoms with Crippen molar-refractivity contribution in [1.82, 2.24) is 0 Å². The van der Waals surface area contributed by atoms with Crippen LogP contribution in [0.2, 0.25) is 0 Å². The van der Waals surface area contributed by atoms with Gasteiger partial charge in [0.2, 0.25) is 0 Å². The van der Waals surface area contributed by atoms with Crippen LogP contribution < -0.4 is 4.74 Å². The maximum Gasteiger partial charge on any atom is 0.306 e. The maximum atomic E-state index is 11.8. The molecule has 1 N–H and O–H groups in total. The summed E-state index contributed by atoms with van der Waals surface area (Å²) in [6.07, 6.45) is 38.6. The molecule has 0 spiro atoms. The molecule has 0 bridgehead atoms. The highest BCUT2D eigenvalue weighted by Gasteiger charge is 2.16. The van der Waals surface area contributed by atoms with E-state index in [2.05, 4.69) is 31.2 Å². The van der Waals surface area contributed by atoms with Crippen LogP contribution >= 0.6 is 0 Å². The van der Waals surface area contributed by atoms with Crippen LogP contribution in [-0.2, 0) is 17.8 Å². The van der Waals surface area contributed by atoms with E-state index in [1.807, 2.05) is 30.3 Å². The Kier molecular flexibility index (Phi) is 26.8. The number of unbranched alkanes of at least 4 members (excludes halogenated alkanes) is 25. The Morgan fingerprint density at radius 3 is 1.29 bits per heavy atom. The first kappa shape index (κ1) is 41.9. The molecular formula is C45H74O3. The molecule has 3 heteroatoms. The standard InChI is InChI=1S/C45H74O3/c1-2-3-4-5-6-7-8-9-10-11-12-13-14-15-16-17-18-19-20-21-22-23-24-25-26-30-33-43(45(46)47)37-34-41-35-38-44(39-36-41)48-40-42-31-28-27-29-32-42/h27-29,31-32,35-36,38-39,43H,2-26,30,33-34,37,40H2,1H3,(H,46,47). The molecule has 1 unspecified atom stereocenters. The van der Waals surface area contributed by atoms with Gasteiger partial charge in [-0.05, 0) is 42.5 Å². The topological polar surface area (TPSA) is 46.5 Å². The van der Waals surface area contributed by atoms with Gasteiger partial charge in [0.05, 0.1) is 5.92 Å². The molecule has 2 aromatic rings. The zero-order valence-electron chi connectivity index (χ0n) is 31.3. The fourth-order valence-electron chi connectivity index (χ4n) is 6.93. The molecular weight excluding hydrogens is 588 g/mol. The lowest BCUT2D eigenvalue weighted by molar-refractivity contribution is -0.142. The Morgan fingerprint density at radius 2 is 0.896 bits per heavy atom. The number of hydrogen-bond acceptors (Lipinski definition) is 2. The van der Waals surface area contributed by atoms with Gasteiger partial charge < -0.3 is 9.84 Å². The number of benzene rings is 2. The molecule has 0 aliphatic heterocycles. The van der Waals surface area contributed by atoms with Gasteiger partial charge in [-0.1, -0.05) is 216 Å². The Labute approximate surface area is 297 Å². The molecule has 0 aliphatic carbocycles. The number of hydrogen-bond donors (Lipinski definition) is 1. The fraction of sp³-hybridized carbons (Fsp3) is 0.711. The molecule has 0 aromatic heterocycles. The number of carboxylic acid groups (broad SMARTS) is 1. The van der Waals surface area contributed by atoms with Crippen molar-refractivity contribution < 1.29 is 14.6 Å². The van der Waals surface area contributed by atoms with Crippen molar-refractivity contribution in [1.29, 1.82) is 0 Å². The van der Waals surface area contributed by atoms with Crippen LogP contribution in [0.3, 0.4) is 0 Å². The van der Waals surface area contributed by atoms with E-state index in [9.17, 15) is 9.90 Å². The summed E-state index contributed by atoms with van der Waals surface area (Å²) in [4.78, 5) is 11.8. The van der Waals surface area contributed by atoms with Crippen LogP contribution in [0.15, 0.2) is 54.6 Å². The zero-order valence-corrected chi connectivity index (χ0v) is 31.3. The summed E-state index contributed by atoms with van der Waals surface area (Å²) >= 11 is 0. The first-order valence-electron chi connectivity index (χ1n) is 20.7. The molecule has 0 saturated carbocycles. The molecule has 0 aliphatic rings. The number of aryl methyl sites for hydroxylation is 1. The number of carboxylic acids is 1. The highest BCUT2D eigenvalue weighted by molar-refractivity contribution is 5.69. The quantitative estimate of drug-likeness (QED) is 0.0759. The van der Waals surface area contributed by atoms with Crippen LogP contribution in [0.4, 0.5) is 0 Å².